The average Bonchev–Trinajstić information content (AvgIpc) is 3.32. The maximum atomic E-state index is 12.8. The molecule has 0 radical (unpaired) electrons. The van der Waals surface area contributed by atoms with Crippen LogP contribution >= 0.6 is 23.1 Å². The van der Waals surface area contributed by atoms with Crippen LogP contribution in [0.25, 0.3) is 11.1 Å². The first-order chi connectivity index (χ1) is 15.8. The Bertz CT molecular complexity index is 1130. The van der Waals surface area contributed by atoms with Crippen molar-refractivity contribution in [2.24, 2.45) is 0 Å². The van der Waals surface area contributed by atoms with Gasteiger partial charge in [-0.05, 0) is 46.8 Å². The van der Waals surface area contributed by atoms with Gasteiger partial charge in [0.05, 0.1) is 18.1 Å². The number of hydrogen-bond donors (Lipinski definition) is 3. The molecule has 0 saturated heterocycles. The van der Waals surface area contributed by atoms with Crippen LogP contribution in [0.1, 0.15) is 11.3 Å². The fourth-order valence-electron chi connectivity index (χ4n) is 3.10. The molecule has 0 aliphatic rings. The van der Waals surface area contributed by atoms with Gasteiger partial charge in [0.1, 0.15) is 11.8 Å². The Morgan fingerprint density at radius 3 is 2.27 bits per heavy atom. The van der Waals surface area contributed by atoms with E-state index in [0.29, 0.717) is 17.3 Å². The second-order valence-electron chi connectivity index (χ2n) is 7.25. The largest absolute Gasteiger partial charge is 0.497 e. The zero-order chi connectivity index (χ0) is 23.8. The normalized spacial score (nSPS) is 13.4. The number of rotatable bonds is 12. The minimum atomic E-state index is -4.08. The molecule has 33 heavy (non-hydrogen) atoms. The Balaban J connectivity index is 1.61. The molecule has 7 nitrogen and oxygen atoms in total. The Labute approximate surface area is 201 Å². The number of aliphatic carboxylic acids is 1. The number of sulfonamides is 1. The first kappa shape index (κ1) is 25.3. The highest BCUT2D eigenvalue weighted by atomic mass is 32.2. The Morgan fingerprint density at radius 2 is 1.73 bits per heavy atom. The Morgan fingerprint density at radius 1 is 1.09 bits per heavy atom. The number of thioether (sulfide) groups is 1. The van der Waals surface area contributed by atoms with E-state index in [2.05, 4.69) is 4.72 Å². The predicted octanol–water partition coefficient (Wildman–Crippen LogP) is 3.84. The van der Waals surface area contributed by atoms with Crippen molar-refractivity contribution in [3.63, 3.8) is 0 Å². The molecule has 2 atom stereocenters. The van der Waals surface area contributed by atoms with Gasteiger partial charge in [-0.3, -0.25) is 4.79 Å². The zero-order valence-electron chi connectivity index (χ0n) is 17.9. The summed E-state index contributed by atoms with van der Waals surface area (Å²) in [5, 5.41) is 21.7. The summed E-state index contributed by atoms with van der Waals surface area (Å²) in [5.74, 6) is 0.392. The van der Waals surface area contributed by atoms with Crippen LogP contribution in [-0.2, 0) is 20.6 Å². The monoisotopic (exact) mass is 507 g/mol. The molecular formula is C23H25NO6S3. The lowest BCUT2D eigenvalue weighted by molar-refractivity contribution is -0.139. The molecule has 3 aromatic rings. The highest BCUT2D eigenvalue weighted by molar-refractivity contribution is 7.98. The predicted molar refractivity (Wildman–Crippen MR) is 131 cm³/mol. The summed E-state index contributed by atoms with van der Waals surface area (Å²) in [4.78, 5) is 12.7. The van der Waals surface area contributed by atoms with Crippen molar-refractivity contribution in [1.82, 2.24) is 4.72 Å². The van der Waals surface area contributed by atoms with Crippen LogP contribution in [0.2, 0.25) is 0 Å². The molecule has 0 fully saturated rings. The summed E-state index contributed by atoms with van der Waals surface area (Å²) in [6.07, 6.45) is -1.19. The number of aliphatic hydroxyl groups excluding tert-OH is 1. The van der Waals surface area contributed by atoms with Gasteiger partial charge in [0.25, 0.3) is 0 Å². The lowest BCUT2D eigenvalue weighted by atomic mass is 10.1. The molecule has 0 amide bonds. The lowest BCUT2D eigenvalue weighted by Crippen LogP contribution is -2.43. The molecule has 1 heterocycles. The number of methoxy groups -OCH3 is 1. The van der Waals surface area contributed by atoms with Crippen molar-refractivity contribution in [3.8, 4) is 16.9 Å². The number of hydrogen-bond acceptors (Lipinski definition) is 7. The second-order valence-corrected chi connectivity index (χ2v) is 11.0. The number of ether oxygens (including phenoxy) is 1. The molecule has 0 saturated carbocycles. The van der Waals surface area contributed by atoms with Gasteiger partial charge in [-0.25, -0.2) is 8.42 Å². The molecule has 0 spiro atoms. The fourth-order valence-corrected chi connectivity index (χ4v) is 6.13. The van der Waals surface area contributed by atoms with E-state index in [0.717, 1.165) is 16.0 Å². The summed E-state index contributed by atoms with van der Waals surface area (Å²) in [7, 11) is -2.50. The Hall–Kier alpha value is -2.37. The summed E-state index contributed by atoms with van der Waals surface area (Å²) in [5.41, 5.74) is 1.70. The van der Waals surface area contributed by atoms with Gasteiger partial charge in [0, 0.05) is 22.8 Å². The highest BCUT2D eigenvalue weighted by Crippen LogP contribution is 2.24. The van der Waals surface area contributed by atoms with Crippen LogP contribution in [0.15, 0.2) is 70.9 Å². The van der Waals surface area contributed by atoms with Crippen molar-refractivity contribution < 1.29 is 28.2 Å². The number of carboxylic acid groups (broad SMARTS) is 1. The van der Waals surface area contributed by atoms with Crippen LogP contribution < -0.4 is 9.46 Å². The van der Waals surface area contributed by atoms with Gasteiger partial charge in [0.2, 0.25) is 10.0 Å². The van der Waals surface area contributed by atoms with Crippen molar-refractivity contribution in [1.29, 1.82) is 0 Å². The first-order valence-electron chi connectivity index (χ1n) is 10.1. The smallest absolute Gasteiger partial charge is 0.321 e. The number of thiophene rings is 1. The molecule has 0 bridgehead atoms. The van der Waals surface area contributed by atoms with Gasteiger partial charge in [-0.15, -0.1) is 11.3 Å². The van der Waals surface area contributed by atoms with E-state index < -0.39 is 28.1 Å². The molecule has 3 N–H and O–H groups in total. The third-order valence-corrected chi connectivity index (χ3v) is 8.51. The van der Waals surface area contributed by atoms with E-state index in [1.807, 2.05) is 41.8 Å². The van der Waals surface area contributed by atoms with E-state index in [9.17, 15) is 23.4 Å². The number of benzene rings is 2. The minimum absolute atomic E-state index is 0.0485. The topological polar surface area (TPSA) is 113 Å². The maximum Gasteiger partial charge on any atom is 0.321 e. The van der Waals surface area contributed by atoms with Gasteiger partial charge < -0.3 is 14.9 Å². The van der Waals surface area contributed by atoms with E-state index in [-0.39, 0.29) is 11.3 Å². The van der Waals surface area contributed by atoms with Crippen molar-refractivity contribution in [3.05, 3.63) is 70.9 Å². The zero-order valence-corrected chi connectivity index (χ0v) is 20.3. The second kappa shape index (κ2) is 11.7. The fraction of sp³-hybridized carbons (Fsp3) is 0.261. The van der Waals surface area contributed by atoms with Crippen molar-refractivity contribution in [2.75, 3.05) is 12.9 Å². The third-order valence-electron chi connectivity index (χ3n) is 4.83. The number of aliphatic hydroxyl groups is 1. The van der Waals surface area contributed by atoms with Gasteiger partial charge >= 0.3 is 5.97 Å². The van der Waals surface area contributed by atoms with Crippen LogP contribution in [0.5, 0.6) is 5.75 Å². The molecule has 3 rings (SSSR count). The third kappa shape index (κ3) is 7.31. The molecule has 2 unspecified atom stereocenters. The van der Waals surface area contributed by atoms with Crippen LogP contribution in [-0.4, -0.2) is 49.6 Å². The molecule has 176 valence electrons. The van der Waals surface area contributed by atoms with Gasteiger partial charge in [-0.1, -0.05) is 30.3 Å². The lowest BCUT2D eigenvalue weighted by Gasteiger charge is -2.18. The Kier molecular flexibility index (Phi) is 8.93. The minimum Gasteiger partial charge on any atom is -0.497 e. The summed E-state index contributed by atoms with van der Waals surface area (Å²) >= 11 is 3.08. The van der Waals surface area contributed by atoms with Crippen LogP contribution in [0.3, 0.4) is 0 Å². The molecular weight excluding hydrogens is 482 g/mol. The molecule has 0 aliphatic heterocycles. The molecule has 2 aromatic carbocycles. The quantitative estimate of drug-likeness (QED) is 0.341. The molecule has 0 aliphatic carbocycles. The van der Waals surface area contributed by atoms with E-state index in [1.54, 1.807) is 30.6 Å². The first-order valence-corrected chi connectivity index (χ1v) is 13.6. The van der Waals surface area contributed by atoms with E-state index >= 15 is 0 Å². The number of carbonyl (C=O) groups is 1. The maximum absolute atomic E-state index is 12.8. The summed E-state index contributed by atoms with van der Waals surface area (Å²) in [6.45, 7) is 0. The van der Waals surface area contributed by atoms with Crippen LogP contribution in [0.4, 0.5) is 0 Å². The molecule has 1 aromatic heterocycles. The number of nitrogens with one attached hydrogen (secondary N) is 1. The average molecular weight is 508 g/mol. The standard InChI is InChI=1S/C23H25NO6S3/c1-30-19-8-4-16(5-9-19)17-6-10-21(11-7-17)33(28,29)24-22(23(26)27)13-18(25)14-31-15-20-3-2-12-32-20/h2-12,18,22,24-25H,13-15H2,1H3,(H,26,27). The summed E-state index contributed by atoms with van der Waals surface area (Å²) in [6, 6.07) is 16.0. The van der Waals surface area contributed by atoms with Crippen molar-refractivity contribution in [2.45, 2.75) is 29.2 Å². The number of carboxylic acids is 1. The van der Waals surface area contributed by atoms with E-state index in [1.165, 1.54) is 23.9 Å². The van der Waals surface area contributed by atoms with Crippen LogP contribution in [0, 0.1) is 0 Å². The van der Waals surface area contributed by atoms with Gasteiger partial charge in [0.15, 0.2) is 0 Å². The van der Waals surface area contributed by atoms with E-state index in [4.69, 9.17) is 4.74 Å². The molecule has 10 heteroatoms. The van der Waals surface area contributed by atoms with Crippen molar-refractivity contribution >= 4 is 39.1 Å². The van der Waals surface area contributed by atoms with Gasteiger partial charge in [-0.2, -0.15) is 16.5 Å². The SMILES string of the molecule is COc1ccc(-c2ccc(S(=O)(=O)NC(CC(O)CSCc3cccs3)C(=O)O)cc2)cc1. The highest BCUT2D eigenvalue weighted by Gasteiger charge is 2.27. The summed E-state index contributed by atoms with van der Waals surface area (Å²) < 4.78 is 32.8.